The van der Waals surface area contributed by atoms with Gasteiger partial charge in [0.1, 0.15) is 11.3 Å². The molecule has 4 rings (SSSR count). The summed E-state index contributed by atoms with van der Waals surface area (Å²) in [6, 6.07) is 8.02. The lowest BCUT2D eigenvalue weighted by molar-refractivity contribution is 0.0787. The predicted molar refractivity (Wildman–Crippen MR) is 117 cm³/mol. The summed E-state index contributed by atoms with van der Waals surface area (Å²) in [7, 11) is 1.54. The summed E-state index contributed by atoms with van der Waals surface area (Å²) in [5.74, 6) is 0.405. The van der Waals surface area contributed by atoms with Gasteiger partial charge in [0.25, 0.3) is 11.5 Å². The van der Waals surface area contributed by atoms with Crippen molar-refractivity contribution in [2.75, 3.05) is 33.3 Å². The van der Waals surface area contributed by atoms with Gasteiger partial charge in [0.2, 0.25) is 0 Å². The summed E-state index contributed by atoms with van der Waals surface area (Å²) in [6.07, 6.45) is 2.73. The molecule has 0 atom stereocenters. The normalized spacial score (nSPS) is 17.0. The van der Waals surface area contributed by atoms with Crippen LogP contribution >= 0.6 is 0 Å². The number of pyridine rings is 1. The SMILES string of the molecule is COc1cc(=O)n2c(c1C(=O)N1CCCC1)CCN(Cc1cc(C)ccc1C)CC2. The minimum atomic E-state index is -0.0894. The highest BCUT2D eigenvalue weighted by molar-refractivity contribution is 5.98. The maximum Gasteiger partial charge on any atom is 0.259 e. The fourth-order valence-corrected chi connectivity index (χ4v) is 4.63. The van der Waals surface area contributed by atoms with Crippen LogP contribution in [0.3, 0.4) is 0 Å². The van der Waals surface area contributed by atoms with Crippen molar-refractivity contribution in [3.8, 4) is 5.75 Å². The summed E-state index contributed by atoms with van der Waals surface area (Å²) in [5, 5.41) is 0. The molecule has 6 heteroatoms. The number of aromatic nitrogens is 1. The van der Waals surface area contributed by atoms with Gasteiger partial charge in [-0.3, -0.25) is 14.5 Å². The largest absolute Gasteiger partial charge is 0.496 e. The highest BCUT2D eigenvalue weighted by Crippen LogP contribution is 2.26. The minimum Gasteiger partial charge on any atom is -0.496 e. The van der Waals surface area contributed by atoms with Gasteiger partial charge in [0.05, 0.1) is 7.11 Å². The molecule has 6 nitrogen and oxygen atoms in total. The molecule has 1 fully saturated rings. The quantitative estimate of drug-likeness (QED) is 0.779. The molecule has 30 heavy (non-hydrogen) atoms. The number of fused-ring (bicyclic) bond motifs is 1. The van der Waals surface area contributed by atoms with Crippen LogP contribution in [0.15, 0.2) is 29.1 Å². The Morgan fingerprint density at radius 3 is 2.53 bits per heavy atom. The van der Waals surface area contributed by atoms with Gasteiger partial charge in [0, 0.05) is 57.4 Å². The second-order valence-electron chi connectivity index (χ2n) is 8.48. The average Bonchev–Trinajstić information content (AvgIpc) is 3.19. The highest BCUT2D eigenvalue weighted by atomic mass is 16.5. The van der Waals surface area contributed by atoms with E-state index < -0.39 is 0 Å². The number of carbonyl (C=O) groups excluding carboxylic acids is 1. The van der Waals surface area contributed by atoms with E-state index in [-0.39, 0.29) is 11.5 Å². The van der Waals surface area contributed by atoms with Crippen molar-refractivity contribution in [3.63, 3.8) is 0 Å². The van der Waals surface area contributed by atoms with Crippen molar-refractivity contribution >= 4 is 5.91 Å². The molecule has 2 aliphatic rings. The number of benzene rings is 1. The molecule has 1 aromatic carbocycles. The Kier molecular flexibility index (Phi) is 5.95. The third kappa shape index (κ3) is 4.01. The van der Waals surface area contributed by atoms with E-state index in [0.717, 1.165) is 51.3 Å². The summed E-state index contributed by atoms with van der Waals surface area (Å²) >= 11 is 0. The Hall–Kier alpha value is -2.60. The van der Waals surface area contributed by atoms with Crippen molar-refractivity contribution in [2.45, 2.75) is 46.2 Å². The molecule has 0 saturated carbocycles. The first-order valence-electron chi connectivity index (χ1n) is 10.9. The smallest absolute Gasteiger partial charge is 0.259 e. The van der Waals surface area contributed by atoms with Crippen LogP contribution in [0.2, 0.25) is 0 Å². The molecule has 1 amide bonds. The summed E-state index contributed by atoms with van der Waals surface area (Å²) in [4.78, 5) is 30.4. The number of aryl methyl sites for hydroxylation is 2. The van der Waals surface area contributed by atoms with Crippen LogP contribution in [0.5, 0.6) is 5.75 Å². The Labute approximate surface area is 178 Å². The van der Waals surface area contributed by atoms with E-state index in [1.54, 1.807) is 4.57 Å². The van der Waals surface area contributed by atoms with Crippen LogP contribution < -0.4 is 10.3 Å². The Bertz CT molecular complexity index is 1010. The van der Waals surface area contributed by atoms with Gasteiger partial charge in [-0.25, -0.2) is 0 Å². The monoisotopic (exact) mass is 409 g/mol. The van der Waals surface area contributed by atoms with E-state index in [4.69, 9.17) is 4.74 Å². The lowest BCUT2D eigenvalue weighted by atomic mass is 10.0. The Morgan fingerprint density at radius 2 is 1.80 bits per heavy atom. The van der Waals surface area contributed by atoms with E-state index in [0.29, 0.717) is 24.3 Å². The molecule has 160 valence electrons. The lowest BCUT2D eigenvalue weighted by Crippen LogP contribution is -2.33. The summed E-state index contributed by atoms with van der Waals surface area (Å²) < 4.78 is 7.28. The van der Waals surface area contributed by atoms with Gasteiger partial charge in [-0.2, -0.15) is 0 Å². The van der Waals surface area contributed by atoms with E-state index in [1.165, 1.54) is 29.9 Å². The number of likely N-dealkylation sites (tertiary alicyclic amines) is 1. The van der Waals surface area contributed by atoms with E-state index in [2.05, 4.69) is 36.9 Å². The zero-order chi connectivity index (χ0) is 21.3. The van der Waals surface area contributed by atoms with Crippen molar-refractivity contribution in [1.82, 2.24) is 14.4 Å². The fourth-order valence-electron chi connectivity index (χ4n) is 4.63. The second-order valence-corrected chi connectivity index (χ2v) is 8.48. The number of hydrogen-bond donors (Lipinski definition) is 0. The van der Waals surface area contributed by atoms with Gasteiger partial charge >= 0.3 is 0 Å². The Morgan fingerprint density at radius 1 is 1.03 bits per heavy atom. The minimum absolute atomic E-state index is 0.00363. The lowest BCUT2D eigenvalue weighted by Gasteiger charge is -2.21. The van der Waals surface area contributed by atoms with Crippen LogP contribution in [0, 0.1) is 13.8 Å². The van der Waals surface area contributed by atoms with Gasteiger partial charge in [-0.05, 0) is 37.8 Å². The topological polar surface area (TPSA) is 54.8 Å². The molecule has 0 N–H and O–H groups in total. The zero-order valence-corrected chi connectivity index (χ0v) is 18.2. The number of ether oxygens (including phenoxy) is 1. The molecule has 0 unspecified atom stereocenters. The van der Waals surface area contributed by atoms with Crippen molar-refractivity contribution in [1.29, 1.82) is 0 Å². The standard InChI is InChI=1S/C24H31N3O3/c1-17-6-7-18(2)19(14-17)16-25-11-8-20-23(24(29)26-9-4-5-10-26)21(30-3)15-22(28)27(20)13-12-25/h6-7,14-15H,4-5,8-13,16H2,1-3H3. The molecule has 0 radical (unpaired) electrons. The first-order chi connectivity index (χ1) is 14.5. The van der Waals surface area contributed by atoms with Crippen molar-refractivity contribution < 1.29 is 9.53 Å². The average molecular weight is 410 g/mol. The van der Waals surface area contributed by atoms with E-state index >= 15 is 0 Å². The number of methoxy groups -OCH3 is 1. The van der Waals surface area contributed by atoms with Crippen LogP contribution in [-0.4, -0.2) is 53.6 Å². The molecular weight excluding hydrogens is 378 g/mol. The fraction of sp³-hybridized carbons (Fsp3) is 0.500. The third-order valence-electron chi connectivity index (χ3n) is 6.41. The number of carbonyl (C=O) groups is 1. The zero-order valence-electron chi connectivity index (χ0n) is 18.2. The second kappa shape index (κ2) is 8.64. The van der Waals surface area contributed by atoms with Crippen LogP contribution in [0.25, 0.3) is 0 Å². The van der Waals surface area contributed by atoms with E-state index in [9.17, 15) is 9.59 Å². The molecular formula is C24H31N3O3. The molecule has 2 aliphatic heterocycles. The van der Waals surface area contributed by atoms with Crippen LogP contribution in [-0.2, 0) is 19.5 Å². The number of amides is 1. The first-order valence-corrected chi connectivity index (χ1v) is 10.9. The predicted octanol–water partition coefficient (Wildman–Crippen LogP) is 2.77. The Balaban J connectivity index is 1.64. The molecule has 0 spiro atoms. The van der Waals surface area contributed by atoms with Crippen LogP contribution in [0.4, 0.5) is 0 Å². The number of nitrogens with zero attached hydrogens (tertiary/aromatic N) is 3. The molecule has 3 heterocycles. The van der Waals surface area contributed by atoms with E-state index in [1.807, 2.05) is 4.90 Å². The van der Waals surface area contributed by atoms with Gasteiger partial charge in [0.15, 0.2) is 0 Å². The highest BCUT2D eigenvalue weighted by Gasteiger charge is 2.29. The third-order valence-corrected chi connectivity index (χ3v) is 6.41. The van der Waals surface area contributed by atoms with Crippen molar-refractivity contribution in [3.05, 3.63) is 62.6 Å². The molecule has 2 aromatic rings. The first kappa shape index (κ1) is 20.7. The number of rotatable bonds is 4. The maximum absolute atomic E-state index is 13.3. The summed E-state index contributed by atoms with van der Waals surface area (Å²) in [5.41, 5.74) is 5.17. The summed E-state index contributed by atoms with van der Waals surface area (Å²) in [6.45, 7) is 8.84. The van der Waals surface area contributed by atoms with Gasteiger partial charge < -0.3 is 14.2 Å². The van der Waals surface area contributed by atoms with Gasteiger partial charge in [-0.1, -0.05) is 23.8 Å². The molecule has 0 aliphatic carbocycles. The maximum atomic E-state index is 13.3. The number of hydrogen-bond acceptors (Lipinski definition) is 4. The molecule has 1 saturated heterocycles. The van der Waals surface area contributed by atoms with Gasteiger partial charge in [-0.15, -0.1) is 0 Å². The van der Waals surface area contributed by atoms with Crippen molar-refractivity contribution in [2.24, 2.45) is 0 Å². The molecule has 0 bridgehead atoms. The van der Waals surface area contributed by atoms with Crippen LogP contribution in [0.1, 0.15) is 45.6 Å². The molecule has 1 aromatic heterocycles.